The van der Waals surface area contributed by atoms with Gasteiger partial charge in [0.2, 0.25) is 15.0 Å². The van der Waals surface area contributed by atoms with E-state index in [4.69, 9.17) is 0 Å². The van der Waals surface area contributed by atoms with E-state index < -0.39 is 21.7 Å². The summed E-state index contributed by atoms with van der Waals surface area (Å²) in [5, 5.41) is -0.218. The zero-order chi connectivity index (χ0) is 18.2. The number of sulfone groups is 1. The molecule has 0 spiro atoms. The minimum absolute atomic E-state index is 0.218. The molecular weight excluding hydrogens is 357 g/mol. The Bertz CT molecular complexity index is 883. The number of rotatable bonds is 3. The third kappa shape index (κ3) is 4.13. The van der Waals surface area contributed by atoms with Gasteiger partial charge in [0.25, 0.3) is 0 Å². The van der Waals surface area contributed by atoms with Crippen molar-refractivity contribution < 1.29 is 21.6 Å². The van der Waals surface area contributed by atoms with Gasteiger partial charge in [0.05, 0.1) is 5.69 Å². The van der Waals surface area contributed by atoms with Crippen molar-refractivity contribution in [3.05, 3.63) is 47.0 Å². The first-order valence-corrected chi connectivity index (χ1v) is 9.31. The van der Waals surface area contributed by atoms with Gasteiger partial charge < -0.3 is 0 Å². The molecule has 0 saturated carbocycles. The van der Waals surface area contributed by atoms with Crippen molar-refractivity contribution in [1.29, 1.82) is 0 Å². The molecule has 0 bridgehead atoms. The van der Waals surface area contributed by atoms with Crippen LogP contribution in [0.2, 0.25) is 0 Å². The van der Waals surface area contributed by atoms with E-state index in [0.717, 1.165) is 17.9 Å². The highest BCUT2D eigenvalue weighted by Crippen LogP contribution is 2.27. The van der Waals surface area contributed by atoms with E-state index in [9.17, 15) is 21.6 Å². The molecule has 3 rings (SSSR count). The average Bonchev–Trinajstić information content (AvgIpc) is 2.53. The highest BCUT2D eigenvalue weighted by Gasteiger charge is 2.32. The van der Waals surface area contributed by atoms with Crippen LogP contribution in [-0.2, 0) is 35.5 Å². The number of fused-ring (bicyclic) bond motifs is 1. The summed E-state index contributed by atoms with van der Waals surface area (Å²) in [7, 11) is -3.49. The number of hydrogen-bond donors (Lipinski definition) is 0. The van der Waals surface area contributed by atoms with Gasteiger partial charge in [-0.2, -0.15) is 13.2 Å². The van der Waals surface area contributed by atoms with E-state index in [1.807, 2.05) is 4.90 Å². The largest absolute Gasteiger partial charge is 0.433 e. The van der Waals surface area contributed by atoms with Gasteiger partial charge in [-0.25, -0.2) is 18.4 Å². The van der Waals surface area contributed by atoms with E-state index in [0.29, 0.717) is 37.3 Å². The quantitative estimate of drug-likeness (QED) is 0.766. The topological polar surface area (TPSA) is 76.1 Å². The maximum absolute atomic E-state index is 12.5. The Morgan fingerprint density at radius 3 is 2.56 bits per heavy atom. The van der Waals surface area contributed by atoms with Crippen LogP contribution in [0.4, 0.5) is 13.2 Å². The maximum atomic E-state index is 12.5. The molecule has 0 unspecified atom stereocenters. The van der Waals surface area contributed by atoms with Crippen LogP contribution in [0.15, 0.2) is 29.7 Å². The Morgan fingerprint density at radius 1 is 1.20 bits per heavy atom. The fraction of sp³-hybridized carbons (Fsp3) is 0.400. The predicted octanol–water partition coefficient (Wildman–Crippen LogP) is 1.85. The van der Waals surface area contributed by atoms with Gasteiger partial charge in [-0.05, 0) is 23.6 Å². The van der Waals surface area contributed by atoms with Crippen LogP contribution in [0, 0.1) is 0 Å². The molecule has 2 aromatic rings. The molecule has 0 aliphatic carbocycles. The number of aromatic nitrogens is 3. The lowest BCUT2D eigenvalue weighted by molar-refractivity contribution is -0.141. The molecular formula is C15H15F3N4O2S. The van der Waals surface area contributed by atoms with Gasteiger partial charge in [0, 0.05) is 38.3 Å². The number of nitrogens with zero attached hydrogens (tertiary/aromatic N) is 4. The molecule has 3 heterocycles. The smallest absolute Gasteiger partial charge is 0.293 e. The molecule has 1 aliphatic heterocycles. The molecule has 0 atom stereocenters. The Morgan fingerprint density at radius 2 is 1.96 bits per heavy atom. The second-order valence-electron chi connectivity index (χ2n) is 5.91. The summed E-state index contributed by atoms with van der Waals surface area (Å²) in [6.07, 6.45) is -0.0336. The van der Waals surface area contributed by atoms with Crippen molar-refractivity contribution in [2.45, 2.75) is 30.8 Å². The summed E-state index contributed by atoms with van der Waals surface area (Å²) in [5.74, 6) is 0. The van der Waals surface area contributed by atoms with Crippen molar-refractivity contribution >= 4 is 9.84 Å². The number of pyridine rings is 1. The fourth-order valence-corrected chi connectivity index (χ4v) is 3.12. The third-order valence-electron chi connectivity index (χ3n) is 3.86. The van der Waals surface area contributed by atoms with Gasteiger partial charge in [-0.3, -0.25) is 9.88 Å². The first-order valence-electron chi connectivity index (χ1n) is 7.42. The van der Waals surface area contributed by atoms with Crippen molar-refractivity contribution in [3.8, 4) is 0 Å². The summed E-state index contributed by atoms with van der Waals surface area (Å²) < 4.78 is 60.8. The number of hydrogen-bond acceptors (Lipinski definition) is 6. The van der Waals surface area contributed by atoms with Crippen molar-refractivity contribution in [2.75, 3.05) is 12.8 Å². The van der Waals surface area contributed by atoms with Crippen LogP contribution < -0.4 is 0 Å². The van der Waals surface area contributed by atoms with Crippen LogP contribution in [0.5, 0.6) is 0 Å². The molecule has 0 radical (unpaired) electrons. The summed E-state index contributed by atoms with van der Waals surface area (Å²) in [5.41, 5.74) is 1.23. The maximum Gasteiger partial charge on any atom is 0.433 e. The standard InChI is InChI=1S/C15H15F3N4O2S/c1-25(23,24)14-20-7-11-4-5-22(9-12(11)21-14)8-10-2-3-13(19-6-10)15(16,17)18/h2-3,6-7H,4-5,8-9H2,1H3. The van der Waals surface area contributed by atoms with Gasteiger partial charge in [0.1, 0.15) is 5.69 Å². The molecule has 134 valence electrons. The van der Waals surface area contributed by atoms with E-state index in [1.54, 1.807) is 0 Å². The SMILES string of the molecule is CS(=O)(=O)c1ncc2c(n1)CN(Cc1ccc(C(F)(F)F)nc1)CC2. The molecule has 25 heavy (non-hydrogen) atoms. The Hall–Kier alpha value is -2.07. The summed E-state index contributed by atoms with van der Waals surface area (Å²) in [6, 6.07) is 2.35. The number of alkyl halides is 3. The monoisotopic (exact) mass is 372 g/mol. The summed E-state index contributed by atoms with van der Waals surface area (Å²) >= 11 is 0. The first-order chi connectivity index (χ1) is 11.6. The molecule has 2 aromatic heterocycles. The van der Waals surface area contributed by atoms with Crippen LogP contribution in [0.1, 0.15) is 22.5 Å². The van der Waals surface area contributed by atoms with Gasteiger partial charge >= 0.3 is 6.18 Å². The lowest BCUT2D eigenvalue weighted by Gasteiger charge is -2.27. The van der Waals surface area contributed by atoms with Crippen LogP contribution in [-0.4, -0.2) is 41.1 Å². The van der Waals surface area contributed by atoms with Crippen molar-refractivity contribution in [2.24, 2.45) is 0 Å². The lowest BCUT2D eigenvalue weighted by Crippen LogP contribution is -2.31. The van der Waals surface area contributed by atoms with Crippen LogP contribution in [0.3, 0.4) is 0 Å². The number of halogens is 3. The summed E-state index contributed by atoms with van der Waals surface area (Å²) in [6.45, 7) is 1.49. The molecule has 1 aliphatic rings. The molecule has 0 saturated heterocycles. The van der Waals surface area contributed by atoms with E-state index in [-0.39, 0.29) is 5.16 Å². The van der Waals surface area contributed by atoms with Crippen LogP contribution >= 0.6 is 0 Å². The zero-order valence-electron chi connectivity index (χ0n) is 13.3. The molecule has 0 N–H and O–H groups in total. The van der Waals surface area contributed by atoms with E-state index >= 15 is 0 Å². The third-order valence-corrected chi connectivity index (χ3v) is 4.72. The molecule has 0 amide bonds. The minimum atomic E-state index is -4.46. The van der Waals surface area contributed by atoms with Gasteiger partial charge in [-0.1, -0.05) is 6.07 Å². The lowest BCUT2D eigenvalue weighted by atomic mass is 10.1. The van der Waals surface area contributed by atoms with E-state index in [1.165, 1.54) is 18.5 Å². The van der Waals surface area contributed by atoms with Crippen molar-refractivity contribution in [1.82, 2.24) is 19.9 Å². The van der Waals surface area contributed by atoms with Crippen molar-refractivity contribution in [3.63, 3.8) is 0 Å². The van der Waals surface area contributed by atoms with Gasteiger partial charge in [0.15, 0.2) is 0 Å². The molecule has 0 fully saturated rings. The average molecular weight is 372 g/mol. The second-order valence-corrected chi connectivity index (χ2v) is 7.82. The first kappa shape index (κ1) is 17.7. The Balaban J connectivity index is 1.74. The second kappa shape index (κ2) is 6.34. The minimum Gasteiger partial charge on any atom is -0.293 e. The Kier molecular flexibility index (Phi) is 4.50. The molecule has 0 aromatic carbocycles. The highest BCUT2D eigenvalue weighted by atomic mass is 32.2. The predicted molar refractivity (Wildman–Crippen MR) is 82.2 cm³/mol. The van der Waals surface area contributed by atoms with E-state index in [2.05, 4.69) is 15.0 Å². The molecule has 10 heteroatoms. The Labute approximate surface area is 142 Å². The summed E-state index contributed by atoms with van der Waals surface area (Å²) in [4.78, 5) is 13.4. The highest BCUT2D eigenvalue weighted by molar-refractivity contribution is 7.90. The normalized spacial score (nSPS) is 15.8. The fourth-order valence-electron chi connectivity index (χ4n) is 2.60. The van der Waals surface area contributed by atoms with Crippen LogP contribution in [0.25, 0.3) is 0 Å². The van der Waals surface area contributed by atoms with Gasteiger partial charge in [-0.15, -0.1) is 0 Å². The zero-order valence-corrected chi connectivity index (χ0v) is 14.1. The molecule has 6 nitrogen and oxygen atoms in total.